The van der Waals surface area contributed by atoms with Gasteiger partial charge in [0.25, 0.3) is 0 Å². The van der Waals surface area contributed by atoms with Gasteiger partial charge in [0.05, 0.1) is 0 Å². The van der Waals surface area contributed by atoms with Crippen LogP contribution in [0.4, 0.5) is 0 Å². The van der Waals surface area contributed by atoms with E-state index in [9.17, 15) is 0 Å². The molecule has 1 nitrogen and oxygen atoms in total. The van der Waals surface area contributed by atoms with E-state index in [1.54, 1.807) is 0 Å². The lowest BCUT2D eigenvalue weighted by atomic mass is 10.2. The van der Waals surface area contributed by atoms with Gasteiger partial charge in [-0.25, -0.2) is 0 Å². The van der Waals surface area contributed by atoms with Gasteiger partial charge in [0.1, 0.15) is 0 Å². The maximum atomic E-state index is 6.15. The Morgan fingerprint density at radius 1 is 1.00 bits per heavy atom. The summed E-state index contributed by atoms with van der Waals surface area (Å²) in [5, 5.41) is 1.36. The molecule has 0 heterocycles. The molecule has 0 bridgehead atoms. The minimum atomic E-state index is -1.71. The molecular formula is C12H20OSi. The molecule has 0 saturated heterocycles. The Morgan fingerprint density at radius 2 is 1.50 bits per heavy atom. The summed E-state index contributed by atoms with van der Waals surface area (Å²) < 4.78 is 6.15. The van der Waals surface area contributed by atoms with Crippen LogP contribution >= 0.6 is 0 Å². The van der Waals surface area contributed by atoms with Gasteiger partial charge in [0.15, 0.2) is 0 Å². The molecule has 14 heavy (non-hydrogen) atoms. The second-order valence-electron chi connectivity index (χ2n) is 5.09. The quantitative estimate of drug-likeness (QED) is 0.679. The smallest absolute Gasteiger partial charge is 0.218 e. The van der Waals surface area contributed by atoms with Crippen molar-refractivity contribution in [2.24, 2.45) is 0 Å². The highest BCUT2D eigenvalue weighted by atomic mass is 28.4. The van der Waals surface area contributed by atoms with Gasteiger partial charge in [-0.1, -0.05) is 30.3 Å². The first-order valence-corrected chi connectivity index (χ1v) is 7.98. The van der Waals surface area contributed by atoms with Crippen LogP contribution in [0.5, 0.6) is 0 Å². The lowest BCUT2D eigenvalue weighted by Gasteiger charge is -2.32. The highest BCUT2D eigenvalue weighted by molar-refractivity contribution is 6.84. The van der Waals surface area contributed by atoms with E-state index in [1.807, 2.05) is 6.07 Å². The molecule has 1 aromatic rings. The summed E-state index contributed by atoms with van der Waals surface area (Å²) in [6, 6.07) is 10.5. The van der Waals surface area contributed by atoms with E-state index in [1.165, 1.54) is 5.19 Å². The Labute approximate surface area is 88.2 Å². The van der Waals surface area contributed by atoms with Crippen LogP contribution in [0.2, 0.25) is 13.1 Å². The van der Waals surface area contributed by atoms with Crippen LogP contribution in [0, 0.1) is 0 Å². The molecule has 0 spiro atoms. The van der Waals surface area contributed by atoms with Gasteiger partial charge in [0, 0.05) is 5.60 Å². The van der Waals surface area contributed by atoms with Crippen molar-refractivity contribution in [3.63, 3.8) is 0 Å². The molecule has 1 aromatic carbocycles. The molecule has 0 amide bonds. The fraction of sp³-hybridized carbons (Fsp3) is 0.500. The van der Waals surface area contributed by atoms with Crippen molar-refractivity contribution in [2.45, 2.75) is 39.5 Å². The van der Waals surface area contributed by atoms with Crippen LogP contribution in [-0.2, 0) is 4.43 Å². The summed E-state index contributed by atoms with van der Waals surface area (Å²) in [5.74, 6) is 0. The first-order valence-electron chi connectivity index (χ1n) is 5.07. The van der Waals surface area contributed by atoms with Crippen LogP contribution in [0.3, 0.4) is 0 Å². The topological polar surface area (TPSA) is 9.23 Å². The lowest BCUT2D eigenvalue weighted by molar-refractivity contribution is 0.125. The number of benzene rings is 1. The summed E-state index contributed by atoms with van der Waals surface area (Å²) in [5.41, 5.74) is -0.0500. The summed E-state index contributed by atoms with van der Waals surface area (Å²) in [7, 11) is -1.71. The fourth-order valence-corrected chi connectivity index (χ4v) is 4.31. The molecule has 0 atom stereocenters. The van der Waals surface area contributed by atoms with Crippen molar-refractivity contribution in [1.82, 2.24) is 0 Å². The molecule has 1 rings (SSSR count). The Morgan fingerprint density at radius 3 is 1.93 bits per heavy atom. The summed E-state index contributed by atoms with van der Waals surface area (Å²) in [6.07, 6.45) is 0. The molecule has 78 valence electrons. The van der Waals surface area contributed by atoms with E-state index in [2.05, 4.69) is 58.1 Å². The van der Waals surface area contributed by atoms with Crippen molar-refractivity contribution in [3.05, 3.63) is 30.3 Å². The van der Waals surface area contributed by atoms with Crippen molar-refractivity contribution in [2.75, 3.05) is 0 Å². The normalized spacial score (nSPS) is 12.9. The summed E-state index contributed by atoms with van der Waals surface area (Å²) >= 11 is 0. The van der Waals surface area contributed by atoms with Gasteiger partial charge >= 0.3 is 0 Å². The summed E-state index contributed by atoms with van der Waals surface area (Å²) in [6.45, 7) is 10.8. The molecule has 0 N–H and O–H groups in total. The third kappa shape index (κ3) is 3.27. The van der Waals surface area contributed by atoms with Gasteiger partial charge in [-0.05, 0) is 39.1 Å². The van der Waals surface area contributed by atoms with E-state index in [4.69, 9.17) is 4.43 Å². The number of rotatable bonds is 2. The van der Waals surface area contributed by atoms with E-state index < -0.39 is 8.32 Å². The molecule has 0 aliphatic carbocycles. The number of hydrogen-bond donors (Lipinski definition) is 0. The van der Waals surface area contributed by atoms with Crippen LogP contribution in [0.15, 0.2) is 30.3 Å². The van der Waals surface area contributed by atoms with E-state index in [0.717, 1.165) is 0 Å². The number of hydrogen-bond acceptors (Lipinski definition) is 1. The van der Waals surface area contributed by atoms with Crippen molar-refractivity contribution >= 4 is 13.5 Å². The molecule has 0 radical (unpaired) electrons. The fourth-order valence-electron chi connectivity index (χ4n) is 1.66. The van der Waals surface area contributed by atoms with Crippen LogP contribution in [0.1, 0.15) is 20.8 Å². The third-order valence-corrected chi connectivity index (χ3v) is 4.88. The molecule has 0 fully saturated rings. The Balaban J connectivity index is 2.86. The first kappa shape index (κ1) is 11.5. The molecular weight excluding hydrogens is 188 g/mol. The molecule has 0 saturated carbocycles. The highest BCUT2D eigenvalue weighted by Gasteiger charge is 2.30. The monoisotopic (exact) mass is 208 g/mol. The average Bonchev–Trinajstić information content (AvgIpc) is 2.01. The van der Waals surface area contributed by atoms with Gasteiger partial charge in [-0.15, -0.1) is 0 Å². The Bertz CT molecular complexity index is 285. The van der Waals surface area contributed by atoms with E-state index in [0.29, 0.717) is 0 Å². The van der Waals surface area contributed by atoms with Gasteiger partial charge < -0.3 is 4.43 Å². The lowest BCUT2D eigenvalue weighted by Crippen LogP contribution is -2.49. The maximum absolute atomic E-state index is 6.15. The minimum Gasteiger partial charge on any atom is -0.408 e. The molecule has 0 aliphatic rings. The minimum absolute atomic E-state index is 0.0500. The highest BCUT2D eigenvalue weighted by Crippen LogP contribution is 2.16. The standard InChI is InChI=1S/C12H20OSi/c1-12(2,3)13-14(4,5)11-9-7-6-8-10-11/h6-10H,1-5H3. The zero-order chi connectivity index (χ0) is 10.8. The van der Waals surface area contributed by atoms with Gasteiger partial charge in [-0.3, -0.25) is 0 Å². The summed E-state index contributed by atoms with van der Waals surface area (Å²) in [4.78, 5) is 0. The maximum Gasteiger partial charge on any atom is 0.218 e. The predicted molar refractivity (Wildman–Crippen MR) is 64.4 cm³/mol. The largest absolute Gasteiger partial charge is 0.408 e. The SMILES string of the molecule is CC(C)(C)O[Si](C)(C)c1ccccc1. The zero-order valence-corrected chi connectivity index (χ0v) is 10.8. The van der Waals surface area contributed by atoms with Crippen LogP contribution < -0.4 is 5.19 Å². The first-order chi connectivity index (χ1) is 6.31. The molecule has 0 unspecified atom stereocenters. The van der Waals surface area contributed by atoms with Crippen molar-refractivity contribution in [1.29, 1.82) is 0 Å². The second-order valence-corrected chi connectivity index (χ2v) is 8.89. The van der Waals surface area contributed by atoms with Gasteiger partial charge in [0.2, 0.25) is 8.32 Å². The Kier molecular flexibility index (Phi) is 3.17. The Hall–Kier alpha value is -0.603. The predicted octanol–water partition coefficient (Wildman–Crippen LogP) is 2.91. The average molecular weight is 208 g/mol. The van der Waals surface area contributed by atoms with E-state index >= 15 is 0 Å². The van der Waals surface area contributed by atoms with Crippen molar-refractivity contribution < 1.29 is 4.43 Å². The van der Waals surface area contributed by atoms with Crippen molar-refractivity contribution in [3.8, 4) is 0 Å². The second kappa shape index (κ2) is 3.87. The molecule has 2 heteroatoms. The molecule has 0 aliphatic heterocycles. The molecule has 0 aromatic heterocycles. The van der Waals surface area contributed by atoms with Gasteiger partial charge in [-0.2, -0.15) is 0 Å². The zero-order valence-electron chi connectivity index (χ0n) is 9.79. The van der Waals surface area contributed by atoms with Crippen LogP contribution in [-0.4, -0.2) is 13.9 Å². The third-order valence-electron chi connectivity index (χ3n) is 2.03. The van der Waals surface area contributed by atoms with E-state index in [-0.39, 0.29) is 5.60 Å². The van der Waals surface area contributed by atoms with Crippen LogP contribution in [0.25, 0.3) is 0 Å².